The molecule has 0 radical (unpaired) electrons. The van der Waals surface area contributed by atoms with Crippen molar-refractivity contribution in [1.82, 2.24) is 4.98 Å². The first-order chi connectivity index (χ1) is 9.89. The molecule has 1 aromatic carbocycles. The molecule has 0 aliphatic rings. The zero-order chi connectivity index (χ0) is 15.5. The average Bonchev–Trinajstić information content (AvgIpc) is 2.42. The molecule has 0 saturated carbocycles. The van der Waals surface area contributed by atoms with Gasteiger partial charge in [0, 0.05) is 6.20 Å². The Morgan fingerprint density at radius 3 is 2.29 bits per heavy atom. The molecule has 1 aromatic heterocycles. The minimum absolute atomic E-state index is 0.00135. The van der Waals surface area contributed by atoms with Gasteiger partial charge in [0.2, 0.25) is 5.88 Å². The number of hydrogen-bond donors (Lipinski definition) is 1. The molecule has 0 fully saturated rings. The maximum Gasteiger partial charge on any atom is 0.573 e. The standard InChI is InChI=1S/C13H8F3N3O2/c14-13(15,16)21-10-3-1-9(2-4-10)20-12-11(18)8(7-17)5-6-19-12/h1-6H,18H2. The van der Waals surface area contributed by atoms with Crippen LogP contribution in [0, 0.1) is 11.3 Å². The predicted octanol–water partition coefficient (Wildman–Crippen LogP) is 3.23. The number of alkyl halides is 3. The van der Waals surface area contributed by atoms with Crippen molar-refractivity contribution in [3.05, 3.63) is 42.1 Å². The summed E-state index contributed by atoms with van der Waals surface area (Å²) in [6, 6.07) is 8.00. The Balaban J connectivity index is 2.16. The second-order valence-electron chi connectivity index (χ2n) is 3.81. The maximum absolute atomic E-state index is 12.0. The lowest BCUT2D eigenvalue weighted by molar-refractivity contribution is -0.274. The maximum atomic E-state index is 12.0. The largest absolute Gasteiger partial charge is 0.573 e. The van der Waals surface area contributed by atoms with Crippen LogP contribution >= 0.6 is 0 Å². The number of hydrogen-bond acceptors (Lipinski definition) is 5. The first-order valence-electron chi connectivity index (χ1n) is 5.57. The number of anilines is 1. The molecule has 5 nitrogen and oxygen atoms in total. The second kappa shape index (κ2) is 5.58. The fourth-order valence-corrected chi connectivity index (χ4v) is 1.45. The number of nitrogens with zero attached hydrogens (tertiary/aromatic N) is 2. The SMILES string of the molecule is N#Cc1ccnc(Oc2ccc(OC(F)(F)F)cc2)c1N. The number of nitrogen functional groups attached to an aromatic ring is 1. The van der Waals surface area contributed by atoms with Gasteiger partial charge in [0.25, 0.3) is 0 Å². The molecule has 0 bridgehead atoms. The molecule has 0 unspecified atom stereocenters. The van der Waals surface area contributed by atoms with E-state index in [-0.39, 0.29) is 28.6 Å². The molecular formula is C13H8F3N3O2. The summed E-state index contributed by atoms with van der Waals surface area (Å²) in [7, 11) is 0. The highest BCUT2D eigenvalue weighted by Crippen LogP contribution is 2.29. The number of nitrogens with two attached hydrogens (primary N) is 1. The van der Waals surface area contributed by atoms with Crippen molar-refractivity contribution in [2.45, 2.75) is 6.36 Å². The first-order valence-corrected chi connectivity index (χ1v) is 5.57. The lowest BCUT2D eigenvalue weighted by Gasteiger charge is -2.10. The van der Waals surface area contributed by atoms with Gasteiger partial charge in [-0.05, 0) is 30.3 Å². The van der Waals surface area contributed by atoms with Crippen LogP contribution in [0.1, 0.15) is 5.56 Å². The summed E-state index contributed by atoms with van der Waals surface area (Å²) in [4.78, 5) is 3.85. The monoisotopic (exact) mass is 295 g/mol. The van der Waals surface area contributed by atoms with Crippen LogP contribution in [0.5, 0.6) is 17.4 Å². The van der Waals surface area contributed by atoms with Crippen molar-refractivity contribution >= 4 is 5.69 Å². The van der Waals surface area contributed by atoms with Crippen LogP contribution in [0.25, 0.3) is 0 Å². The van der Waals surface area contributed by atoms with Crippen LogP contribution < -0.4 is 15.2 Å². The van der Waals surface area contributed by atoms with Gasteiger partial charge in [0.15, 0.2) is 0 Å². The molecule has 0 saturated heterocycles. The van der Waals surface area contributed by atoms with Crippen molar-refractivity contribution in [3.63, 3.8) is 0 Å². The van der Waals surface area contributed by atoms with E-state index in [1.165, 1.54) is 24.4 Å². The molecule has 0 atom stereocenters. The lowest BCUT2D eigenvalue weighted by Crippen LogP contribution is -2.16. The fourth-order valence-electron chi connectivity index (χ4n) is 1.45. The number of rotatable bonds is 3. The highest BCUT2D eigenvalue weighted by Gasteiger charge is 2.31. The van der Waals surface area contributed by atoms with E-state index in [1.807, 2.05) is 6.07 Å². The zero-order valence-electron chi connectivity index (χ0n) is 10.4. The van der Waals surface area contributed by atoms with Crippen LogP contribution in [0.2, 0.25) is 0 Å². The highest BCUT2D eigenvalue weighted by molar-refractivity contribution is 5.60. The molecule has 8 heteroatoms. The average molecular weight is 295 g/mol. The van der Waals surface area contributed by atoms with Gasteiger partial charge < -0.3 is 15.2 Å². The minimum atomic E-state index is -4.75. The first kappa shape index (κ1) is 14.5. The molecule has 21 heavy (non-hydrogen) atoms. The van der Waals surface area contributed by atoms with E-state index >= 15 is 0 Å². The summed E-state index contributed by atoms with van der Waals surface area (Å²) >= 11 is 0. The number of aromatic nitrogens is 1. The van der Waals surface area contributed by atoms with E-state index in [2.05, 4.69) is 9.72 Å². The third-order valence-electron chi connectivity index (χ3n) is 2.35. The Bertz CT molecular complexity index is 679. The van der Waals surface area contributed by atoms with Gasteiger partial charge in [0.05, 0.1) is 5.56 Å². The van der Waals surface area contributed by atoms with Crippen molar-refractivity contribution in [2.24, 2.45) is 0 Å². The topological polar surface area (TPSA) is 81.2 Å². The summed E-state index contributed by atoms with van der Waals surface area (Å²) in [5, 5.41) is 8.82. The van der Waals surface area contributed by atoms with Crippen LogP contribution in [0.3, 0.4) is 0 Å². The zero-order valence-corrected chi connectivity index (χ0v) is 10.4. The molecular weight excluding hydrogens is 287 g/mol. The Labute approximate surface area is 117 Å². The lowest BCUT2D eigenvalue weighted by atomic mass is 10.2. The Morgan fingerprint density at radius 2 is 1.71 bits per heavy atom. The van der Waals surface area contributed by atoms with Gasteiger partial charge in [-0.1, -0.05) is 0 Å². The van der Waals surface area contributed by atoms with Crippen molar-refractivity contribution in [1.29, 1.82) is 5.26 Å². The number of nitriles is 1. The third-order valence-corrected chi connectivity index (χ3v) is 2.35. The van der Waals surface area contributed by atoms with Crippen molar-refractivity contribution in [2.75, 3.05) is 5.73 Å². The third kappa shape index (κ3) is 3.76. The minimum Gasteiger partial charge on any atom is -0.437 e. The van der Waals surface area contributed by atoms with Crippen molar-refractivity contribution < 1.29 is 22.6 Å². The predicted molar refractivity (Wildman–Crippen MR) is 66.6 cm³/mol. The number of halogens is 3. The van der Waals surface area contributed by atoms with E-state index in [1.54, 1.807) is 0 Å². The van der Waals surface area contributed by atoms with Crippen LogP contribution in [0.15, 0.2) is 36.5 Å². The molecule has 0 amide bonds. The van der Waals surface area contributed by atoms with Crippen LogP contribution in [0.4, 0.5) is 18.9 Å². The van der Waals surface area contributed by atoms with E-state index in [0.29, 0.717) is 0 Å². The Morgan fingerprint density at radius 1 is 1.10 bits per heavy atom. The number of ether oxygens (including phenoxy) is 2. The summed E-state index contributed by atoms with van der Waals surface area (Å²) in [6.07, 6.45) is -3.42. The van der Waals surface area contributed by atoms with E-state index in [0.717, 1.165) is 12.1 Å². The Kier molecular flexibility index (Phi) is 3.84. The molecule has 0 aliphatic heterocycles. The van der Waals surface area contributed by atoms with Gasteiger partial charge in [-0.2, -0.15) is 5.26 Å². The van der Waals surface area contributed by atoms with Gasteiger partial charge in [-0.3, -0.25) is 0 Å². The van der Waals surface area contributed by atoms with E-state index < -0.39 is 6.36 Å². The molecule has 108 valence electrons. The molecule has 2 aromatic rings. The molecule has 2 N–H and O–H groups in total. The molecule has 2 rings (SSSR count). The normalized spacial score (nSPS) is 10.8. The van der Waals surface area contributed by atoms with E-state index in [9.17, 15) is 13.2 Å². The summed E-state index contributed by atoms with van der Waals surface area (Å²) in [5.74, 6) is -0.168. The molecule has 0 aliphatic carbocycles. The summed E-state index contributed by atoms with van der Waals surface area (Å²) in [6.45, 7) is 0. The van der Waals surface area contributed by atoms with E-state index in [4.69, 9.17) is 15.7 Å². The van der Waals surface area contributed by atoms with Gasteiger partial charge in [0.1, 0.15) is 23.3 Å². The summed E-state index contributed by atoms with van der Waals surface area (Å²) in [5.41, 5.74) is 5.91. The smallest absolute Gasteiger partial charge is 0.437 e. The highest BCUT2D eigenvalue weighted by atomic mass is 19.4. The van der Waals surface area contributed by atoms with Crippen molar-refractivity contribution in [3.8, 4) is 23.4 Å². The fraction of sp³-hybridized carbons (Fsp3) is 0.0769. The van der Waals surface area contributed by atoms with Gasteiger partial charge in [-0.15, -0.1) is 13.2 Å². The molecule has 1 heterocycles. The number of benzene rings is 1. The second-order valence-corrected chi connectivity index (χ2v) is 3.81. The number of pyridine rings is 1. The van der Waals surface area contributed by atoms with Gasteiger partial charge in [-0.25, -0.2) is 4.98 Å². The quantitative estimate of drug-likeness (QED) is 0.940. The summed E-state index contributed by atoms with van der Waals surface area (Å²) < 4.78 is 45.1. The van der Waals surface area contributed by atoms with Crippen LogP contribution in [-0.4, -0.2) is 11.3 Å². The molecule has 0 spiro atoms. The Hall–Kier alpha value is -2.95. The van der Waals surface area contributed by atoms with Gasteiger partial charge >= 0.3 is 6.36 Å². The van der Waals surface area contributed by atoms with Crippen LogP contribution in [-0.2, 0) is 0 Å².